The lowest BCUT2D eigenvalue weighted by molar-refractivity contribution is -0.111. The maximum atomic E-state index is 11.9. The van der Waals surface area contributed by atoms with Crippen LogP contribution in [0.2, 0.25) is 0 Å². The molecule has 38 heavy (non-hydrogen) atoms. The minimum atomic E-state index is -0.307. The zero-order chi connectivity index (χ0) is 27.1. The van der Waals surface area contributed by atoms with E-state index in [1.54, 1.807) is 49.5 Å². The van der Waals surface area contributed by atoms with Gasteiger partial charge in [0.25, 0.3) is 0 Å². The van der Waals surface area contributed by atoms with Crippen LogP contribution in [-0.2, 0) is 4.79 Å². The van der Waals surface area contributed by atoms with Gasteiger partial charge in [-0.05, 0) is 37.3 Å². The van der Waals surface area contributed by atoms with Crippen molar-refractivity contribution in [3.63, 3.8) is 0 Å². The van der Waals surface area contributed by atoms with Gasteiger partial charge in [-0.25, -0.2) is 9.78 Å². The van der Waals surface area contributed by atoms with Crippen LogP contribution in [0.15, 0.2) is 61.3 Å². The second-order valence-corrected chi connectivity index (χ2v) is 8.54. The average molecular weight is 518 g/mol. The van der Waals surface area contributed by atoms with Crippen molar-refractivity contribution in [2.45, 2.75) is 6.92 Å². The Morgan fingerprint density at radius 1 is 1.11 bits per heavy atom. The van der Waals surface area contributed by atoms with Gasteiger partial charge in [0, 0.05) is 68.5 Å². The number of piperazine rings is 1. The van der Waals surface area contributed by atoms with E-state index in [1.165, 1.54) is 6.08 Å². The maximum Gasteiger partial charge on any atom is 0.317 e. The highest BCUT2D eigenvalue weighted by Crippen LogP contribution is 2.33. The van der Waals surface area contributed by atoms with Gasteiger partial charge in [0.2, 0.25) is 17.7 Å². The van der Waals surface area contributed by atoms with E-state index in [2.05, 4.69) is 37.4 Å². The molecular weight excluding hydrogens is 486 g/mol. The summed E-state index contributed by atoms with van der Waals surface area (Å²) in [4.78, 5) is 36.4. The Hall–Kier alpha value is -4.80. The molecule has 11 heteroatoms. The highest BCUT2D eigenvalue weighted by Gasteiger charge is 2.21. The number of carbonyl (C=O) groups excluding carboxylic acids is 2. The standard InChI is InChI=1S/C27H31N7O4/c1-5-24(35)30-19-7-6-8-21(15-19)38-25-18(2)17-29-26(32-25)31-22-10-9-20(16-23(22)37-4)33-11-13-34(14-12-33)27(36)28-3/h5-10,15-17H,1,11-14H2,2-4H3,(H,28,36)(H,30,35)(H,29,31,32). The number of hydrogen-bond acceptors (Lipinski definition) is 8. The van der Waals surface area contributed by atoms with E-state index in [1.807, 2.05) is 25.1 Å². The summed E-state index contributed by atoms with van der Waals surface area (Å²) in [6.45, 7) is 8.05. The van der Waals surface area contributed by atoms with Gasteiger partial charge < -0.3 is 35.2 Å². The number of rotatable bonds is 8. The van der Waals surface area contributed by atoms with E-state index in [9.17, 15) is 9.59 Å². The molecule has 3 N–H and O–H groups in total. The summed E-state index contributed by atoms with van der Waals surface area (Å²) in [5, 5.41) is 8.59. The molecule has 0 spiro atoms. The number of nitrogens with one attached hydrogen (secondary N) is 3. The summed E-state index contributed by atoms with van der Waals surface area (Å²) >= 11 is 0. The van der Waals surface area contributed by atoms with Crippen molar-refractivity contribution < 1.29 is 19.1 Å². The van der Waals surface area contributed by atoms with Gasteiger partial charge in [0.15, 0.2) is 0 Å². The van der Waals surface area contributed by atoms with Crippen molar-refractivity contribution in [2.75, 3.05) is 55.9 Å². The fraction of sp³-hybridized carbons (Fsp3) is 0.259. The normalized spacial score (nSPS) is 12.9. The quantitative estimate of drug-likeness (QED) is 0.385. The van der Waals surface area contributed by atoms with Gasteiger partial charge in [-0.3, -0.25) is 4.79 Å². The third-order valence-corrected chi connectivity index (χ3v) is 6.00. The van der Waals surface area contributed by atoms with Gasteiger partial charge in [-0.2, -0.15) is 4.98 Å². The van der Waals surface area contributed by atoms with Crippen LogP contribution in [0.4, 0.5) is 27.8 Å². The molecule has 1 aromatic heterocycles. The maximum absolute atomic E-state index is 11.9. The molecule has 0 aliphatic carbocycles. The Labute approximate surface area is 221 Å². The van der Waals surface area contributed by atoms with Gasteiger partial charge in [-0.15, -0.1) is 0 Å². The van der Waals surface area contributed by atoms with Gasteiger partial charge in [-0.1, -0.05) is 12.6 Å². The summed E-state index contributed by atoms with van der Waals surface area (Å²) in [7, 11) is 3.25. The van der Waals surface area contributed by atoms with Crippen LogP contribution in [0.3, 0.4) is 0 Å². The number of nitrogens with zero attached hydrogens (tertiary/aromatic N) is 4. The van der Waals surface area contributed by atoms with Crippen LogP contribution in [0.25, 0.3) is 0 Å². The SMILES string of the molecule is C=CC(=O)Nc1cccc(Oc2nc(Nc3ccc(N4CCN(C(=O)NC)CC4)cc3OC)ncc2C)c1. The first-order valence-electron chi connectivity index (χ1n) is 12.1. The molecule has 0 radical (unpaired) electrons. The predicted octanol–water partition coefficient (Wildman–Crippen LogP) is 3.92. The Kier molecular flexibility index (Phi) is 8.27. The van der Waals surface area contributed by atoms with Gasteiger partial charge >= 0.3 is 6.03 Å². The highest BCUT2D eigenvalue weighted by atomic mass is 16.5. The molecule has 3 amide bonds. The predicted molar refractivity (Wildman–Crippen MR) is 147 cm³/mol. The van der Waals surface area contributed by atoms with Crippen LogP contribution in [-0.4, -0.2) is 67.1 Å². The van der Waals surface area contributed by atoms with Crippen LogP contribution >= 0.6 is 0 Å². The molecule has 3 aromatic rings. The molecule has 0 unspecified atom stereocenters. The molecule has 2 heterocycles. The molecule has 4 rings (SSSR count). The van der Waals surface area contributed by atoms with E-state index in [-0.39, 0.29) is 11.9 Å². The Morgan fingerprint density at radius 3 is 2.61 bits per heavy atom. The summed E-state index contributed by atoms with van der Waals surface area (Å²) in [6, 6.07) is 12.8. The van der Waals surface area contributed by atoms with E-state index >= 15 is 0 Å². The molecule has 198 valence electrons. The number of carbonyl (C=O) groups is 2. The molecule has 0 atom stereocenters. The van der Waals surface area contributed by atoms with Crippen molar-refractivity contribution in [3.8, 4) is 17.4 Å². The van der Waals surface area contributed by atoms with Crippen LogP contribution in [0.5, 0.6) is 17.4 Å². The first-order valence-corrected chi connectivity index (χ1v) is 12.1. The number of urea groups is 1. The van der Waals surface area contributed by atoms with Crippen molar-refractivity contribution >= 4 is 34.9 Å². The molecule has 1 aliphatic rings. The zero-order valence-electron chi connectivity index (χ0n) is 21.7. The second-order valence-electron chi connectivity index (χ2n) is 8.54. The zero-order valence-corrected chi connectivity index (χ0v) is 21.7. The molecule has 1 aliphatic heterocycles. The van der Waals surface area contributed by atoms with E-state index in [4.69, 9.17) is 9.47 Å². The van der Waals surface area contributed by atoms with Crippen molar-refractivity contribution in [2.24, 2.45) is 0 Å². The van der Waals surface area contributed by atoms with Crippen molar-refractivity contribution in [1.29, 1.82) is 0 Å². The van der Waals surface area contributed by atoms with E-state index < -0.39 is 0 Å². The van der Waals surface area contributed by atoms with Crippen molar-refractivity contribution in [3.05, 3.63) is 66.9 Å². The molecule has 11 nitrogen and oxygen atoms in total. The van der Waals surface area contributed by atoms with Gasteiger partial charge in [0.05, 0.1) is 12.8 Å². The third-order valence-electron chi connectivity index (χ3n) is 6.00. The average Bonchev–Trinajstić information content (AvgIpc) is 2.94. The van der Waals surface area contributed by atoms with Crippen molar-refractivity contribution in [1.82, 2.24) is 20.2 Å². The monoisotopic (exact) mass is 517 g/mol. The smallest absolute Gasteiger partial charge is 0.317 e. The van der Waals surface area contributed by atoms with Crippen LogP contribution in [0.1, 0.15) is 5.56 Å². The minimum absolute atomic E-state index is 0.0598. The molecular formula is C27H31N7O4. The number of aryl methyl sites for hydroxylation is 1. The van der Waals surface area contributed by atoms with Gasteiger partial charge in [0.1, 0.15) is 11.5 Å². The summed E-state index contributed by atoms with van der Waals surface area (Å²) < 4.78 is 11.6. The van der Waals surface area contributed by atoms with E-state index in [0.717, 1.165) is 24.3 Å². The Bertz CT molecular complexity index is 1320. The number of amides is 3. The number of hydrogen-bond donors (Lipinski definition) is 3. The van der Waals surface area contributed by atoms with Crippen LogP contribution in [0, 0.1) is 6.92 Å². The number of ether oxygens (including phenoxy) is 2. The van der Waals surface area contributed by atoms with Crippen LogP contribution < -0.4 is 30.3 Å². The first-order chi connectivity index (χ1) is 18.4. The number of methoxy groups -OCH3 is 1. The largest absolute Gasteiger partial charge is 0.494 e. The topological polar surface area (TPSA) is 121 Å². The fourth-order valence-corrected chi connectivity index (χ4v) is 3.96. The van der Waals surface area contributed by atoms with E-state index in [0.29, 0.717) is 47.8 Å². The molecule has 0 saturated carbocycles. The molecule has 2 aromatic carbocycles. The third kappa shape index (κ3) is 6.30. The fourth-order valence-electron chi connectivity index (χ4n) is 3.96. The Morgan fingerprint density at radius 2 is 1.89 bits per heavy atom. The Balaban J connectivity index is 1.47. The summed E-state index contributed by atoms with van der Waals surface area (Å²) in [6.07, 6.45) is 2.87. The molecule has 1 saturated heterocycles. The molecule has 0 bridgehead atoms. The lowest BCUT2D eigenvalue weighted by atomic mass is 10.2. The summed E-state index contributed by atoms with van der Waals surface area (Å²) in [5.74, 6) is 1.55. The number of anilines is 4. The lowest BCUT2D eigenvalue weighted by Crippen LogP contribution is -2.51. The minimum Gasteiger partial charge on any atom is -0.494 e. The number of aromatic nitrogens is 2. The molecule has 1 fully saturated rings. The first kappa shape index (κ1) is 26.3. The lowest BCUT2D eigenvalue weighted by Gasteiger charge is -2.36. The number of benzene rings is 2. The highest BCUT2D eigenvalue weighted by molar-refractivity contribution is 5.98. The summed E-state index contributed by atoms with van der Waals surface area (Å²) in [5.41, 5.74) is 3.03. The second kappa shape index (κ2) is 12.0.